The van der Waals surface area contributed by atoms with Crippen molar-refractivity contribution in [1.82, 2.24) is 9.80 Å². The summed E-state index contributed by atoms with van der Waals surface area (Å²) >= 11 is 0. The number of nitrogens with zero attached hydrogens (tertiary/aromatic N) is 2. The molecule has 13 heteroatoms. The topological polar surface area (TPSA) is 138 Å². The number of hydrogen-bond donors (Lipinski definition) is 2. The van der Waals surface area contributed by atoms with Gasteiger partial charge < -0.3 is 15.7 Å². The molecule has 0 spiro atoms. The highest BCUT2D eigenvalue weighted by atomic mass is 32.2. The van der Waals surface area contributed by atoms with Crippen LogP contribution in [0.15, 0.2) is 24.3 Å². The Labute approximate surface area is 232 Å². The van der Waals surface area contributed by atoms with Crippen LogP contribution in [0.1, 0.15) is 73.2 Å². The molecule has 2 heterocycles. The van der Waals surface area contributed by atoms with Gasteiger partial charge in [-0.2, -0.15) is 13.2 Å². The molecule has 1 saturated carbocycles. The number of piperidine rings is 1. The van der Waals surface area contributed by atoms with Crippen molar-refractivity contribution in [3.05, 3.63) is 35.4 Å². The second kappa shape index (κ2) is 13.3. The number of carboxylic acids is 1. The molecule has 9 nitrogen and oxygen atoms in total. The van der Waals surface area contributed by atoms with Crippen LogP contribution >= 0.6 is 0 Å². The summed E-state index contributed by atoms with van der Waals surface area (Å²) in [5.41, 5.74) is 7.23. The van der Waals surface area contributed by atoms with Crippen molar-refractivity contribution in [3.63, 3.8) is 0 Å². The van der Waals surface area contributed by atoms with E-state index in [0.29, 0.717) is 42.6 Å². The van der Waals surface area contributed by atoms with Crippen molar-refractivity contribution in [2.45, 2.75) is 75.5 Å². The van der Waals surface area contributed by atoms with Crippen LogP contribution in [0.5, 0.6) is 0 Å². The molecular formula is C27H38F3N3O6S. The number of carbonyl (C=O) groups is 3. The fourth-order valence-corrected chi connectivity index (χ4v) is 6.86. The molecule has 2 bridgehead atoms. The summed E-state index contributed by atoms with van der Waals surface area (Å²) in [5, 5.41) is 7.12. The normalized spacial score (nSPS) is 23.4. The first kappa shape index (κ1) is 31.9. The smallest absolute Gasteiger partial charge is 0.475 e. The van der Waals surface area contributed by atoms with E-state index in [1.807, 2.05) is 17.0 Å². The average molecular weight is 590 g/mol. The molecule has 0 radical (unpaired) electrons. The third kappa shape index (κ3) is 9.18. The van der Waals surface area contributed by atoms with Crippen LogP contribution in [0.25, 0.3) is 0 Å². The molecule has 4 rings (SSSR count). The number of primary amides is 1. The van der Waals surface area contributed by atoms with E-state index in [4.69, 9.17) is 15.6 Å². The predicted octanol–water partition coefficient (Wildman–Crippen LogP) is 3.19. The predicted molar refractivity (Wildman–Crippen MR) is 142 cm³/mol. The van der Waals surface area contributed by atoms with E-state index in [1.54, 1.807) is 6.07 Å². The highest BCUT2D eigenvalue weighted by Crippen LogP contribution is 2.43. The molecule has 3 N–H and O–H groups in total. The van der Waals surface area contributed by atoms with Gasteiger partial charge in [-0.1, -0.05) is 25.0 Å². The number of halogens is 3. The van der Waals surface area contributed by atoms with Gasteiger partial charge in [-0.3, -0.25) is 14.5 Å². The first-order valence-corrected chi connectivity index (χ1v) is 15.6. The number of carboxylic acid groups (broad SMARTS) is 1. The second-order valence-electron chi connectivity index (χ2n) is 11.1. The molecule has 224 valence electrons. The summed E-state index contributed by atoms with van der Waals surface area (Å²) in [4.78, 5) is 37.7. The van der Waals surface area contributed by atoms with Gasteiger partial charge in [0, 0.05) is 43.5 Å². The Bertz CT molecular complexity index is 1160. The van der Waals surface area contributed by atoms with Crippen LogP contribution in [0.4, 0.5) is 13.2 Å². The standard InChI is InChI=1S/C25H37N3O4S.C2HF3O2/c1-33(31,32)17-24(29)27(16-18-5-2-3-6-18)11-12-28-22-9-10-23(28)15-21(14-22)19-7-4-8-20(13-19)25(26)30;3-2(4,5)1(6)7/h4,7-8,13,18,21-23H,2-3,5-6,9-12,14-17H2,1H3,(H2,26,30);(H,6,7)/t21?,22-,23+;. The van der Waals surface area contributed by atoms with E-state index in [2.05, 4.69) is 11.0 Å². The number of alkyl halides is 3. The molecule has 1 aromatic carbocycles. The zero-order chi connectivity index (χ0) is 29.7. The number of benzene rings is 1. The molecule has 40 heavy (non-hydrogen) atoms. The van der Waals surface area contributed by atoms with Gasteiger partial charge in [0.25, 0.3) is 0 Å². The summed E-state index contributed by atoms with van der Waals surface area (Å²) in [6.07, 6.45) is 5.09. The van der Waals surface area contributed by atoms with Crippen molar-refractivity contribution in [2.24, 2.45) is 11.7 Å². The Kier molecular flexibility index (Phi) is 10.6. The minimum Gasteiger partial charge on any atom is -0.475 e. The molecule has 0 aromatic heterocycles. The zero-order valence-corrected chi connectivity index (χ0v) is 23.4. The Morgan fingerprint density at radius 1 is 1.07 bits per heavy atom. The number of sulfone groups is 1. The summed E-state index contributed by atoms with van der Waals surface area (Å²) in [6, 6.07) is 8.64. The molecule has 1 aliphatic carbocycles. The Morgan fingerprint density at radius 3 is 2.15 bits per heavy atom. The van der Waals surface area contributed by atoms with Crippen LogP contribution in [-0.2, 0) is 19.4 Å². The molecule has 3 aliphatic rings. The van der Waals surface area contributed by atoms with E-state index in [9.17, 15) is 31.2 Å². The first-order chi connectivity index (χ1) is 18.6. The maximum atomic E-state index is 12.8. The fourth-order valence-electron chi connectivity index (χ4n) is 6.23. The molecule has 3 atom stereocenters. The Hall–Kier alpha value is -2.67. The van der Waals surface area contributed by atoms with Crippen LogP contribution in [0, 0.1) is 5.92 Å². The number of aliphatic carboxylic acids is 1. The monoisotopic (exact) mass is 589 g/mol. The molecule has 1 aromatic rings. The van der Waals surface area contributed by atoms with Gasteiger partial charge in [0.1, 0.15) is 5.75 Å². The summed E-state index contributed by atoms with van der Waals surface area (Å²) in [6.45, 7) is 2.07. The average Bonchev–Trinajstić information content (AvgIpc) is 3.44. The van der Waals surface area contributed by atoms with Crippen LogP contribution in [-0.4, -0.2) is 91.0 Å². The van der Waals surface area contributed by atoms with Crippen LogP contribution < -0.4 is 5.73 Å². The van der Waals surface area contributed by atoms with Gasteiger partial charge in [0.15, 0.2) is 9.84 Å². The van der Waals surface area contributed by atoms with Crippen molar-refractivity contribution >= 4 is 27.6 Å². The van der Waals surface area contributed by atoms with E-state index in [1.165, 1.54) is 18.4 Å². The lowest BCUT2D eigenvalue weighted by Gasteiger charge is -2.40. The third-order valence-electron chi connectivity index (χ3n) is 8.09. The lowest BCUT2D eigenvalue weighted by atomic mass is 9.84. The summed E-state index contributed by atoms with van der Waals surface area (Å²) in [5.74, 6) is -2.89. The molecule has 2 amide bonds. The second-order valence-corrected chi connectivity index (χ2v) is 13.3. The van der Waals surface area contributed by atoms with E-state index in [-0.39, 0.29) is 5.91 Å². The Balaban J connectivity index is 0.000000559. The number of nitrogens with two attached hydrogens (primary N) is 1. The number of carbonyl (C=O) groups excluding carboxylic acids is 2. The van der Waals surface area contributed by atoms with Gasteiger partial charge in [-0.25, -0.2) is 13.2 Å². The van der Waals surface area contributed by atoms with Crippen molar-refractivity contribution in [3.8, 4) is 0 Å². The highest BCUT2D eigenvalue weighted by molar-refractivity contribution is 7.91. The highest BCUT2D eigenvalue weighted by Gasteiger charge is 2.41. The maximum absolute atomic E-state index is 12.8. The van der Waals surface area contributed by atoms with Crippen LogP contribution in [0.2, 0.25) is 0 Å². The first-order valence-electron chi connectivity index (χ1n) is 13.5. The molecule has 2 aliphatic heterocycles. The SMILES string of the molecule is CS(=O)(=O)CC(=O)N(CCN1[C@@H]2CC[C@H]1CC(c1cccc(C(N)=O)c1)C2)CC1CCCC1.O=C(O)C(F)(F)F. The lowest BCUT2D eigenvalue weighted by molar-refractivity contribution is -0.192. The number of amides is 2. The van der Waals surface area contributed by atoms with Crippen molar-refractivity contribution in [2.75, 3.05) is 31.6 Å². The molecule has 3 fully saturated rings. The Morgan fingerprint density at radius 2 is 1.65 bits per heavy atom. The molecular weight excluding hydrogens is 551 g/mol. The lowest BCUT2D eigenvalue weighted by Crippen LogP contribution is -2.48. The van der Waals surface area contributed by atoms with Gasteiger partial charge in [0.2, 0.25) is 11.8 Å². The zero-order valence-electron chi connectivity index (χ0n) is 22.6. The van der Waals surface area contributed by atoms with E-state index in [0.717, 1.165) is 51.3 Å². The van der Waals surface area contributed by atoms with E-state index < -0.39 is 33.6 Å². The van der Waals surface area contributed by atoms with Crippen molar-refractivity contribution in [1.29, 1.82) is 0 Å². The van der Waals surface area contributed by atoms with Gasteiger partial charge in [0.05, 0.1) is 0 Å². The van der Waals surface area contributed by atoms with Gasteiger partial charge >= 0.3 is 12.1 Å². The third-order valence-corrected chi connectivity index (χ3v) is 8.86. The van der Waals surface area contributed by atoms with E-state index >= 15 is 0 Å². The van der Waals surface area contributed by atoms with Gasteiger partial charge in [-0.15, -0.1) is 0 Å². The molecule has 1 unspecified atom stereocenters. The van der Waals surface area contributed by atoms with Crippen molar-refractivity contribution < 1.29 is 41.1 Å². The minimum atomic E-state index is -5.08. The fraction of sp³-hybridized carbons (Fsp3) is 0.667. The largest absolute Gasteiger partial charge is 0.490 e. The maximum Gasteiger partial charge on any atom is 0.490 e. The summed E-state index contributed by atoms with van der Waals surface area (Å²) in [7, 11) is -3.34. The van der Waals surface area contributed by atoms with Gasteiger partial charge in [-0.05, 0) is 68.1 Å². The number of rotatable bonds is 9. The van der Waals surface area contributed by atoms with Crippen LogP contribution in [0.3, 0.4) is 0 Å². The summed E-state index contributed by atoms with van der Waals surface area (Å²) < 4.78 is 55.2. The number of fused-ring (bicyclic) bond motifs is 2. The quantitative estimate of drug-likeness (QED) is 0.451. The molecule has 2 saturated heterocycles. The minimum absolute atomic E-state index is 0.255. The number of hydrogen-bond acceptors (Lipinski definition) is 6.